The lowest BCUT2D eigenvalue weighted by atomic mass is 9.83. The van der Waals surface area contributed by atoms with Crippen LogP contribution in [-0.2, 0) is 33.3 Å². The third-order valence-corrected chi connectivity index (χ3v) is 8.58. The van der Waals surface area contributed by atoms with Crippen LogP contribution >= 0.6 is 0 Å². The van der Waals surface area contributed by atoms with Crippen molar-refractivity contribution in [2.75, 3.05) is 0 Å². The normalized spacial score (nSPS) is 47.2. The number of hydrogen-bond acceptors (Lipinski definition) is 13. The van der Waals surface area contributed by atoms with Crippen molar-refractivity contribution in [2.24, 2.45) is 11.7 Å². The Kier molecular flexibility index (Phi) is 13.1. The number of aliphatic hydroxyl groups is 5. The van der Waals surface area contributed by atoms with Crippen molar-refractivity contribution in [1.82, 2.24) is 0 Å². The summed E-state index contributed by atoms with van der Waals surface area (Å²) in [4.78, 5) is 24.4. The van der Waals surface area contributed by atoms with E-state index in [1.54, 1.807) is 56.4 Å². The van der Waals surface area contributed by atoms with Gasteiger partial charge in [0.05, 0.1) is 48.8 Å². The molecule has 4 unspecified atom stereocenters. The average Bonchev–Trinajstić information content (AvgIpc) is 3.72. The Morgan fingerprint density at radius 2 is 1.64 bits per heavy atom. The van der Waals surface area contributed by atoms with Gasteiger partial charge in [-0.15, -0.1) is 0 Å². The number of esters is 1. The molecule has 14 heteroatoms. The van der Waals surface area contributed by atoms with Crippen molar-refractivity contribution >= 4 is 11.9 Å². The van der Waals surface area contributed by atoms with Crippen LogP contribution in [0.3, 0.4) is 0 Å². The maximum absolute atomic E-state index is 12.3. The van der Waals surface area contributed by atoms with Gasteiger partial charge in [0.1, 0.15) is 24.2 Å². The van der Waals surface area contributed by atoms with Crippen LogP contribution in [-0.4, -0.2) is 122 Å². The summed E-state index contributed by atoms with van der Waals surface area (Å²) in [6.07, 6.45) is 5.25. The van der Waals surface area contributed by atoms with Crippen molar-refractivity contribution in [1.29, 1.82) is 0 Å². The number of ether oxygens (including phenoxy) is 5. The minimum absolute atomic E-state index is 0.0789. The first-order valence-corrected chi connectivity index (χ1v) is 15.9. The van der Waals surface area contributed by atoms with E-state index in [1.165, 1.54) is 12.2 Å². The lowest BCUT2D eigenvalue weighted by molar-refractivity contribution is -0.308. The van der Waals surface area contributed by atoms with Gasteiger partial charge >= 0.3 is 11.9 Å². The Labute approximate surface area is 273 Å². The molecule has 0 aromatic carbocycles. The average molecular weight is 666 g/mol. The Morgan fingerprint density at radius 3 is 2.36 bits per heavy atom. The first-order valence-electron chi connectivity index (χ1n) is 15.9. The molecule has 3 saturated heterocycles. The second-order valence-corrected chi connectivity index (χ2v) is 12.6. The summed E-state index contributed by atoms with van der Waals surface area (Å²) in [6, 6.07) is -1.08. The van der Waals surface area contributed by atoms with Crippen molar-refractivity contribution in [3.8, 4) is 0 Å². The monoisotopic (exact) mass is 665 g/mol. The van der Waals surface area contributed by atoms with Gasteiger partial charge in [-0.1, -0.05) is 48.6 Å². The number of rotatable bonds is 3. The molecule has 4 rings (SSSR count). The molecule has 0 radical (unpaired) electrons. The second-order valence-electron chi connectivity index (χ2n) is 12.6. The highest BCUT2D eigenvalue weighted by Crippen LogP contribution is 2.39. The summed E-state index contributed by atoms with van der Waals surface area (Å²) in [7, 11) is 0. The number of fused-ring (bicyclic) bond motifs is 3. The molecule has 14 nitrogen and oxygen atoms in total. The Morgan fingerprint density at radius 1 is 0.936 bits per heavy atom. The molecular weight excluding hydrogens is 618 g/mol. The standard InChI is InChI=1S/C33H47NO13/c1-18-10-8-6-4-3-5-7-9-11-21(45-32-30(39)28(34)29(38)19(2)44-32)15-25-27(31(40)41)22(36)17-33(42,47-25)16-20(35)14-24-23(46-24)12-13-26(37)43-18/h3-9,11-13,18-25,27-30,32,35-36,38-39,42H,10,14-17,34H2,1-2H3,(H,40,41)/b4-3-,7-5+,8-6+,11-9+,13-12+/t18-,19-,20+,21+,22+,23-,24-,25?,27-,28?,29-,30?,32?,33-/m1/s1. The summed E-state index contributed by atoms with van der Waals surface area (Å²) in [5.74, 6) is -5.45. The van der Waals surface area contributed by atoms with Crippen molar-refractivity contribution in [2.45, 2.75) is 125 Å². The van der Waals surface area contributed by atoms with Gasteiger partial charge in [0.2, 0.25) is 0 Å². The van der Waals surface area contributed by atoms with Gasteiger partial charge in [0, 0.05) is 38.2 Å². The van der Waals surface area contributed by atoms with Crippen LogP contribution in [0, 0.1) is 5.92 Å². The minimum Gasteiger partial charge on any atom is -0.481 e. The predicted octanol–water partition coefficient (Wildman–Crippen LogP) is 0.120. The first kappa shape index (κ1) is 37.1. The van der Waals surface area contributed by atoms with E-state index in [4.69, 9.17) is 29.4 Å². The van der Waals surface area contributed by atoms with Gasteiger partial charge in [0.15, 0.2) is 12.1 Å². The minimum atomic E-state index is -2.10. The number of nitrogens with two attached hydrogens (primary N) is 1. The van der Waals surface area contributed by atoms with E-state index in [-0.39, 0.29) is 25.4 Å². The van der Waals surface area contributed by atoms with Crippen LogP contribution in [0.5, 0.6) is 0 Å². The van der Waals surface area contributed by atoms with E-state index in [0.29, 0.717) is 6.42 Å². The molecule has 47 heavy (non-hydrogen) atoms. The predicted molar refractivity (Wildman–Crippen MR) is 165 cm³/mol. The van der Waals surface area contributed by atoms with Crippen LogP contribution in [0.25, 0.3) is 0 Å². The van der Waals surface area contributed by atoms with E-state index in [2.05, 4.69) is 0 Å². The van der Waals surface area contributed by atoms with Gasteiger partial charge in [-0.05, 0) is 19.9 Å². The summed E-state index contributed by atoms with van der Waals surface area (Å²) >= 11 is 0. The molecule has 0 spiro atoms. The molecule has 0 aliphatic carbocycles. The number of carbonyl (C=O) groups is 2. The molecule has 8 N–H and O–H groups in total. The van der Waals surface area contributed by atoms with Crippen molar-refractivity contribution in [3.63, 3.8) is 0 Å². The fourth-order valence-corrected chi connectivity index (χ4v) is 6.00. The largest absolute Gasteiger partial charge is 0.481 e. The zero-order valence-electron chi connectivity index (χ0n) is 26.4. The molecule has 4 aliphatic heterocycles. The molecule has 3 fully saturated rings. The molecule has 0 aromatic rings. The van der Waals surface area contributed by atoms with Gasteiger partial charge in [-0.3, -0.25) is 4.79 Å². The van der Waals surface area contributed by atoms with Crippen molar-refractivity contribution < 1.29 is 63.9 Å². The van der Waals surface area contributed by atoms with E-state index in [0.717, 1.165) is 0 Å². The third kappa shape index (κ3) is 10.6. The van der Waals surface area contributed by atoms with Crippen LogP contribution in [0.2, 0.25) is 0 Å². The van der Waals surface area contributed by atoms with Gasteiger partial charge < -0.3 is 60.1 Å². The van der Waals surface area contributed by atoms with Crippen LogP contribution < -0.4 is 5.73 Å². The summed E-state index contributed by atoms with van der Waals surface area (Å²) in [5, 5.41) is 63.9. The van der Waals surface area contributed by atoms with Crippen molar-refractivity contribution in [3.05, 3.63) is 60.8 Å². The van der Waals surface area contributed by atoms with Gasteiger partial charge in [0.25, 0.3) is 0 Å². The smallest absolute Gasteiger partial charge is 0.330 e. The highest BCUT2D eigenvalue weighted by molar-refractivity contribution is 5.82. The number of cyclic esters (lactones) is 1. The van der Waals surface area contributed by atoms with Crippen LogP contribution in [0.15, 0.2) is 60.8 Å². The number of carbonyl (C=O) groups excluding carboxylic acids is 1. The van der Waals surface area contributed by atoms with E-state index in [9.17, 15) is 40.2 Å². The maximum Gasteiger partial charge on any atom is 0.330 e. The number of aliphatic carboxylic acids is 1. The molecular formula is C33H47NO13. The zero-order valence-corrected chi connectivity index (χ0v) is 26.4. The Hall–Kier alpha value is -2.76. The Bertz CT molecular complexity index is 1220. The Balaban J connectivity index is 1.58. The lowest BCUT2D eigenvalue weighted by Crippen LogP contribution is -2.61. The third-order valence-electron chi connectivity index (χ3n) is 8.58. The second kappa shape index (κ2) is 16.6. The van der Waals surface area contributed by atoms with Gasteiger partial charge in [-0.25, -0.2) is 4.79 Å². The lowest BCUT2D eigenvalue weighted by Gasteiger charge is -2.45. The van der Waals surface area contributed by atoms with Gasteiger partial charge in [-0.2, -0.15) is 0 Å². The summed E-state index contributed by atoms with van der Waals surface area (Å²) < 4.78 is 28.5. The quantitative estimate of drug-likeness (QED) is 0.157. The number of epoxide rings is 1. The summed E-state index contributed by atoms with van der Waals surface area (Å²) in [6.45, 7) is 3.34. The van der Waals surface area contributed by atoms with E-state index >= 15 is 0 Å². The molecule has 0 aromatic heterocycles. The fraction of sp³-hybridized carbons (Fsp3) is 0.636. The SMILES string of the molecule is C[C@@H]1C/C=C/C=C\C=C\C=C\[C@H](OC2O[C@H](C)[C@@H](O)C(N)C2O)CC2O[C@](O)(C[C@@H](O)C[C@H]3O[C@@H]3/C=C/C(=O)O1)C[C@H](O)[C@H]2C(=O)O. The number of hydrogen-bond donors (Lipinski definition) is 7. The molecule has 0 amide bonds. The molecule has 14 atom stereocenters. The highest BCUT2D eigenvalue weighted by atomic mass is 16.7. The molecule has 4 heterocycles. The molecule has 262 valence electrons. The summed E-state index contributed by atoms with van der Waals surface area (Å²) in [5.41, 5.74) is 5.98. The number of carboxylic acids is 1. The topological polar surface area (TPSA) is 231 Å². The molecule has 2 bridgehead atoms. The molecule has 4 aliphatic rings. The van der Waals surface area contributed by atoms with E-state index < -0.39 is 97.3 Å². The van der Waals surface area contributed by atoms with Crippen LogP contribution in [0.1, 0.15) is 46.0 Å². The number of carboxylic acid groups (broad SMARTS) is 1. The van der Waals surface area contributed by atoms with E-state index in [1.807, 2.05) is 6.08 Å². The van der Waals surface area contributed by atoms with Crippen LogP contribution in [0.4, 0.5) is 0 Å². The maximum atomic E-state index is 12.3. The first-order chi connectivity index (χ1) is 22.3. The molecule has 0 saturated carbocycles. The highest BCUT2D eigenvalue weighted by Gasteiger charge is 2.51. The fourth-order valence-electron chi connectivity index (χ4n) is 6.00. The zero-order chi connectivity index (χ0) is 34.3. The number of aliphatic hydroxyl groups excluding tert-OH is 4. The number of allylic oxidation sites excluding steroid dienone is 6.